The Hall–Kier alpha value is -2.16. The highest BCUT2D eigenvalue weighted by molar-refractivity contribution is 9.10. The minimum absolute atomic E-state index is 0.284. The van der Waals surface area contributed by atoms with Crippen molar-refractivity contribution >= 4 is 27.8 Å². The molecular formula is C12H12BrN5O3. The molecule has 0 spiro atoms. The molecule has 0 amide bonds. The van der Waals surface area contributed by atoms with Gasteiger partial charge in [-0.15, -0.1) is 0 Å². The minimum Gasteiger partial charge on any atom is -0.463 e. The van der Waals surface area contributed by atoms with Gasteiger partial charge in [-0.05, 0) is 52.3 Å². The minimum atomic E-state index is -0.568. The first kappa shape index (κ1) is 13.8. The van der Waals surface area contributed by atoms with Crippen molar-refractivity contribution in [2.75, 3.05) is 11.9 Å². The first-order chi connectivity index (χ1) is 10.1. The number of halogens is 1. The summed E-state index contributed by atoms with van der Waals surface area (Å²) in [6.45, 7) is 3.81. The van der Waals surface area contributed by atoms with Gasteiger partial charge in [-0.25, -0.2) is 4.79 Å². The molecule has 9 heteroatoms. The molecule has 3 heterocycles. The zero-order valence-electron chi connectivity index (χ0n) is 11.3. The van der Waals surface area contributed by atoms with Crippen molar-refractivity contribution < 1.29 is 13.9 Å². The van der Waals surface area contributed by atoms with Crippen LogP contribution in [-0.2, 0) is 9.53 Å². The van der Waals surface area contributed by atoms with E-state index in [4.69, 9.17) is 9.15 Å². The Morgan fingerprint density at radius 2 is 2.38 bits per heavy atom. The number of carbonyl (C=O) groups excluding carboxylic acids is 1. The molecule has 21 heavy (non-hydrogen) atoms. The number of rotatable bonds is 3. The number of furan rings is 1. The van der Waals surface area contributed by atoms with Crippen molar-refractivity contribution in [1.29, 1.82) is 0 Å². The standard InChI is InChI=1S/C12H12BrN5O3/c1-3-20-11(19)9-6(2)14-12-15-16-17-18(12)10(9)7-4-5-8(13)21-7/h4-5,10H,3H2,1-2H3,(H,14,15,17). The van der Waals surface area contributed by atoms with Crippen LogP contribution >= 0.6 is 15.9 Å². The lowest BCUT2D eigenvalue weighted by Gasteiger charge is -2.25. The second-order valence-electron chi connectivity index (χ2n) is 4.38. The molecule has 0 saturated carbocycles. The topological polar surface area (TPSA) is 95.1 Å². The molecule has 1 aliphatic heterocycles. The van der Waals surface area contributed by atoms with Gasteiger partial charge in [0.15, 0.2) is 4.67 Å². The van der Waals surface area contributed by atoms with Gasteiger partial charge < -0.3 is 14.5 Å². The summed E-state index contributed by atoms with van der Waals surface area (Å²) in [5.74, 6) is 0.554. The third kappa shape index (κ3) is 2.33. The van der Waals surface area contributed by atoms with E-state index in [0.717, 1.165) is 0 Å². The molecule has 0 saturated heterocycles. The lowest BCUT2D eigenvalue weighted by atomic mass is 10.0. The maximum Gasteiger partial charge on any atom is 0.338 e. The number of allylic oxidation sites excluding steroid dienone is 1. The number of ether oxygens (including phenoxy) is 1. The van der Waals surface area contributed by atoms with E-state index in [9.17, 15) is 4.79 Å². The van der Waals surface area contributed by atoms with Gasteiger partial charge in [0.25, 0.3) is 0 Å². The number of tetrazole rings is 1. The summed E-state index contributed by atoms with van der Waals surface area (Å²) in [5.41, 5.74) is 1.05. The van der Waals surface area contributed by atoms with E-state index in [1.807, 2.05) is 0 Å². The molecule has 2 aromatic rings. The molecule has 0 radical (unpaired) electrons. The molecule has 3 rings (SSSR count). The van der Waals surface area contributed by atoms with Crippen LogP contribution in [0.3, 0.4) is 0 Å². The molecule has 2 aromatic heterocycles. The van der Waals surface area contributed by atoms with Crippen molar-refractivity contribution in [2.45, 2.75) is 19.9 Å². The second kappa shape index (κ2) is 5.32. The van der Waals surface area contributed by atoms with Crippen LogP contribution in [0, 0.1) is 0 Å². The summed E-state index contributed by atoms with van der Waals surface area (Å²) in [5, 5.41) is 14.4. The monoisotopic (exact) mass is 353 g/mol. The first-order valence-corrected chi connectivity index (χ1v) is 7.09. The first-order valence-electron chi connectivity index (χ1n) is 6.29. The molecule has 0 aromatic carbocycles. The molecule has 1 unspecified atom stereocenters. The van der Waals surface area contributed by atoms with Crippen molar-refractivity contribution in [3.63, 3.8) is 0 Å². The lowest BCUT2D eigenvalue weighted by Crippen LogP contribution is -2.29. The Morgan fingerprint density at radius 1 is 1.57 bits per heavy atom. The predicted molar refractivity (Wildman–Crippen MR) is 75.3 cm³/mol. The predicted octanol–water partition coefficient (Wildman–Crippen LogP) is 1.88. The molecule has 1 aliphatic rings. The smallest absolute Gasteiger partial charge is 0.338 e. The number of esters is 1. The molecule has 0 aliphatic carbocycles. The van der Waals surface area contributed by atoms with Crippen molar-refractivity contribution in [3.05, 3.63) is 33.8 Å². The fourth-order valence-electron chi connectivity index (χ4n) is 2.22. The molecule has 1 atom stereocenters. The average molecular weight is 354 g/mol. The fraction of sp³-hybridized carbons (Fsp3) is 0.333. The van der Waals surface area contributed by atoms with Gasteiger partial charge >= 0.3 is 5.97 Å². The molecule has 110 valence electrons. The molecule has 8 nitrogen and oxygen atoms in total. The van der Waals surface area contributed by atoms with Crippen LogP contribution in [0.5, 0.6) is 0 Å². The number of hydrogen-bond acceptors (Lipinski definition) is 7. The van der Waals surface area contributed by atoms with Crippen molar-refractivity contribution in [1.82, 2.24) is 20.2 Å². The fourth-order valence-corrected chi connectivity index (χ4v) is 2.54. The van der Waals surface area contributed by atoms with Crippen LogP contribution in [0.1, 0.15) is 25.6 Å². The second-order valence-corrected chi connectivity index (χ2v) is 5.16. The van der Waals surface area contributed by atoms with Crippen LogP contribution in [0.4, 0.5) is 5.95 Å². The summed E-state index contributed by atoms with van der Waals surface area (Å²) in [6.07, 6.45) is 0. The Labute approximate surface area is 128 Å². The Balaban J connectivity index is 2.13. The van der Waals surface area contributed by atoms with Crippen LogP contribution in [0.15, 0.2) is 32.5 Å². The normalized spacial score (nSPS) is 17.4. The van der Waals surface area contributed by atoms with E-state index in [-0.39, 0.29) is 6.61 Å². The SMILES string of the molecule is CCOC(=O)C1=C(C)Nc2nnnn2C1c1ccc(Br)o1. The van der Waals surface area contributed by atoms with Gasteiger partial charge in [-0.2, -0.15) is 4.68 Å². The number of nitrogens with zero attached hydrogens (tertiary/aromatic N) is 4. The Kier molecular flexibility index (Phi) is 3.50. The van der Waals surface area contributed by atoms with E-state index >= 15 is 0 Å². The number of hydrogen-bond donors (Lipinski definition) is 1. The third-order valence-corrected chi connectivity index (χ3v) is 3.50. The van der Waals surface area contributed by atoms with E-state index in [0.29, 0.717) is 27.6 Å². The van der Waals surface area contributed by atoms with Gasteiger partial charge in [-0.1, -0.05) is 5.10 Å². The largest absolute Gasteiger partial charge is 0.463 e. The average Bonchev–Trinajstić information content (AvgIpc) is 3.05. The Morgan fingerprint density at radius 3 is 3.05 bits per heavy atom. The van der Waals surface area contributed by atoms with Crippen LogP contribution in [-0.4, -0.2) is 32.8 Å². The highest BCUT2D eigenvalue weighted by Gasteiger charge is 2.36. The summed E-state index contributed by atoms with van der Waals surface area (Å²) in [6, 6.07) is 2.94. The van der Waals surface area contributed by atoms with E-state index in [2.05, 4.69) is 36.8 Å². The lowest BCUT2D eigenvalue weighted by molar-refractivity contribution is -0.139. The molecular weight excluding hydrogens is 342 g/mol. The summed E-state index contributed by atoms with van der Waals surface area (Å²) in [4.78, 5) is 12.3. The molecule has 1 N–H and O–H groups in total. The number of nitrogens with one attached hydrogen (secondary N) is 1. The quantitative estimate of drug-likeness (QED) is 0.841. The number of fused-ring (bicyclic) bond motifs is 1. The molecule has 0 bridgehead atoms. The van der Waals surface area contributed by atoms with E-state index in [1.54, 1.807) is 26.0 Å². The van der Waals surface area contributed by atoms with Crippen LogP contribution < -0.4 is 5.32 Å². The van der Waals surface area contributed by atoms with Gasteiger partial charge in [0.05, 0.1) is 12.2 Å². The van der Waals surface area contributed by atoms with Crippen molar-refractivity contribution in [3.8, 4) is 0 Å². The Bertz CT molecular complexity index is 720. The van der Waals surface area contributed by atoms with Gasteiger partial charge in [-0.3, -0.25) is 0 Å². The zero-order chi connectivity index (χ0) is 15.0. The van der Waals surface area contributed by atoms with E-state index < -0.39 is 12.0 Å². The van der Waals surface area contributed by atoms with Gasteiger partial charge in [0.2, 0.25) is 5.95 Å². The maximum atomic E-state index is 12.3. The molecule has 0 fully saturated rings. The summed E-state index contributed by atoms with van der Waals surface area (Å²) >= 11 is 3.26. The van der Waals surface area contributed by atoms with Gasteiger partial charge in [0, 0.05) is 5.70 Å². The van der Waals surface area contributed by atoms with Crippen molar-refractivity contribution in [2.24, 2.45) is 0 Å². The zero-order valence-corrected chi connectivity index (χ0v) is 12.9. The van der Waals surface area contributed by atoms with Crippen LogP contribution in [0.25, 0.3) is 0 Å². The maximum absolute atomic E-state index is 12.3. The summed E-state index contributed by atoms with van der Waals surface area (Å²) in [7, 11) is 0. The van der Waals surface area contributed by atoms with Gasteiger partial charge in [0.1, 0.15) is 11.8 Å². The highest BCUT2D eigenvalue weighted by atomic mass is 79.9. The van der Waals surface area contributed by atoms with Crippen LogP contribution in [0.2, 0.25) is 0 Å². The van der Waals surface area contributed by atoms with E-state index in [1.165, 1.54) is 4.68 Å². The number of anilines is 1. The summed E-state index contributed by atoms with van der Waals surface area (Å²) < 4.78 is 12.8. The third-order valence-electron chi connectivity index (χ3n) is 3.07. The number of aromatic nitrogens is 4. The highest BCUT2D eigenvalue weighted by Crippen LogP contribution is 2.36. The number of carbonyl (C=O) groups is 1.